The standard InChI is InChI=1S/C28H30BrN3O3/c1-3-34-26-15-20(16-30-13-12-21-17-31-25-7-5-4-6-23(21)25)14-24(29)28(26)35-18-27(33)32-22-10-8-19(2)9-11-22/h4-11,14-15,17,30-31H,3,12-13,16,18H2,1-2H3,(H,32,33). The highest BCUT2D eigenvalue weighted by molar-refractivity contribution is 9.10. The first-order valence-corrected chi connectivity index (χ1v) is 12.5. The van der Waals surface area contributed by atoms with Gasteiger partial charge < -0.3 is 25.1 Å². The van der Waals surface area contributed by atoms with Crippen molar-refractivity contribution in [2.24, 2.45) is 0 Å². The van der Waals surface area contributed by atoms with Crippen molar-refractivity contribution in [1.29, 1.82) is 0 Å². The normalized spacial score (nSPS) is 10.9. The zero-order valence-corrected chi connectivity index (χ0v) is 21.6. The minimum Gasteiger partial charge on any atom is -0.490 e. The lowest BCUT2D eigenvalue weighted by Gasteiger charge is -2.16. The van der Waals surface area contributed by atoms with Crippen LogP contribution in [-0.2, 0) is 17.8 Å². The number of anilines is 1. The summed E-state index contributed by atoms with van der Waals surface area (Å²) in [6.45, 7) is 5.85. The topological polar surface area (TPSA) is 75.4 Å². The summed E-state index contributed by atoms with van der Waals surface area (Å²) in [5.41, 5.74) is 5.41. The number of aryl methyl sites for hydroxylation is 1. The molecule has 182 valence electrons. The molecular formula is C28H30BrN3O3. The number of benzene rings is 3. The van der Waals surface area contributed by atoms with Gasteiger partial charge in [0.15, 0.2) is 18.1 Å². The Kier molecular flexibility index (Phi) is 8.45. The highest BCUT2D eigenvalue weighted by Crippen LogP contribution is 2.37. The molecule has 35 heavy (non-hydrogen) atoms. The van der Waals surface area contributed by atoms with Crippen LogP contribution in [0.4, 0.5) is 5.69 Å². The molecule has 0 unspecified atom stereocenters. The number of aromatic nitrogens is 1. The lowest BCUT2D eigenvalue weighted by molar-refractivity contribution is -0.118. The Labute approximate surface area is 214 Å². The van der Waals surface area contributed by atoms with Crippen LogP contribution in [0.1, 0.15) is 23.6 Å². The van der Waals surface area contributed by atoms with Crippen molar-refractivity contribution in [3.05, 3.63) is 88.0 Å². The van der Waals surface area contributed by atoms with E-state index >= 15 is 0 Å². The van der Waals surface area contributed by atoms with E-state index in [0.29, 0.717) is 24.7 Å². The third kappa shape index (κ3) is 6.65. The summed E-state index contributed by atoms with van der Waals surface area (Å²) < 4.78 is 12.4. The summed E-state index contributed by atoms with van der Waals surface area (Å²) in [5.74, 6) is 0.901. The molecular weight excluding hydrogens is 506 g/mol. The average Bonchev–Trinajstić information content (AvgIpc) is 3.26. The van der Waals surface area contributed by atoms with Gasteiger partial charge in [0.1, 0.15) is 0 Å². The quantitative estimate of drug-likeness (QED) is 0.206. The van der Waals surface area contributed by atoms with E-state index in [1.165, 1.54) is 10.9 Å². The van der Waals surface area contributed by atoms with Crippen molar-refractivity contribution >= 4 is 38.4 Å². The summed E-state index contributed by atoms with van der Waals surface area (Å²) in [6.07, 6.45) is 3.01. The molecule has 6 nitrogen and oxygen atoms in total. The van der Waals surface area contributed by atoms with Gasteiger partial charge in [0, 0.05) is 29.3 Å². The van der Waals surface area contributed by atoms with Gasteiger partial charge in [-0.05, 0) is 84.2 Å². The molecule has 3 N–H and O–H groups in total. The third-order valence-electron chi connectivity index (χ3n) is 5.63. The maximum absolute atomic E-state index is 12.4. The Hall–Kier alpha value is -3.29. The van der Waals surface area contributed by atoms with E-state index in [-0.39, 0.29) is 12.5 Å². The second kappa shape index (κ2) is 11.9. The average molecular weight is 536 g/mol. The van der Waals surface area contributed by atoms with Gasteiger partial charge in [0.2, 0.25) is 0 Å². The van der Waals surface area contributed by atoms with Crippen LogP contribution in [0.5, 0.6) is 11.5 Å². The highest BCUT2D eigenvalue weighted by atomic mass is 79.9. The Morgan fingerprint density at radius 3 is 2.66 bits per heavy atom. The van der Waals surface area contributed by atoms with Crippen molar-refractivity contribution in [3.63, 3.8) is 0 Å². The zero-order chi connectivity index (χ0) is 24.6. The second-order valence-electron chi connectivity index (χ2n) is 8.33. The fourth-order valence-electron chi connectivity index (χ4n) is 3.89. The van der Waals surface area contributed by atoms with Crippen molar-refractivity contribution in [1.82, 2.24) is 10.3 Å². The number of carbonyl (C=O) groups is 1. The van der Waals surface area contributed by atoms with Crippen LogP contribution < -0.4 is 20.1 Å². The Bertz CT molecular complexity index is 1280. The molecule has 3 aromatic carbocycles. The lowest BCUT2D eigenvalue weighted by atomic mass is 10.1. The van der Waals surface area contributed by atoms with Crippen molar-refractivity contribution in [2.45, 2.75) is 26.8 Å². The molecule has 0 aliphatic heterocycles. The summed E-state index contributed by atoms with van der Waals surface area (Å²) in [7, 11) is 0. The molecule has 0 aliphatic rings. The molecule has 0 radical (unpaired) electrons. The molecule has 0 saturated carbocycles. The van der Waals surface area contributed by atoms with Gasteiger partial charge in [-0.2, -0.15) is 0 Å². The number of carbonyl (C=O) groups excluding carboxylic acids is 1. The monoisotopic (exact) mass is 535 g/mol. The number of aromatic amines is 1. The molecule has 4 rings (SSSR count). The summed E-state index contributed by atoms with van der Waals surface area (Å²) in [4.78, 5) is 15.7. The van der Waals surface area contributed by atoms with E-state index in [2.05, 4.69) is 55.9 Å². The summed E-state index contributed by atoms with van der Waals surface area (Å²) >= 11 is 3.59. The zero-order valence-electron chi connectivity index (χ0n) is 20.0. The molecule has 0 saturated heterocycles. The Balaban J connectivity index is 1.33. The van der Waals surface area contributed by atoms with E-state index in [0.717, 1.165) is 39.8 Å². The van der Waals surface area contributed by atoms with E-state index in [9.17, 15) is 4.79 Å². The number of para-hydroxylation sites is 1. The number of ether oxygens (including phenoxy) is 2. The van der Waals surface area contributed by atoms with Gasteiger partial charge in [-0.3, -0.25) is 4.79 Å². The fraction of sp³-hybridized carbons (Fsp3) is 0.250. The van der Waals surface area contributed by atoms with Crippen molar-refractivity contribution < 1.29 is 14.3 Å². The number of fused-ring (bicyclic) bond motifs is 1. The van der Waals surface area contributed by atoms with Crippen LogP contribution in [-0.4, -0.2) is 30.6 Å². The fourth-order valence-corrected chi connectivity index (χ4v) is 4.50. The second-order valence-corrected chi connectivity index (χ2v) is 9.18. The Morgan fingerprint density at radius 1 is 1.06 bits per heavy atom. The van der Waals surface area contributed by atoms with Crippen LogP contribution in [0.2, 0.25) is 0 Å². The van der Waals surface area contributed by atoms with Crippen molar-refractivity contribution in [3.8, 4) is 11.5 Å². The predicted molar refractivity (Wildman–Crippen MR) is 144 cm³/mol. The highest BCUT2D eigenvalue weighted by Gasteiger charge is 2.14. The Morgan fingerprint density at radius 2 is 1.86 bits per heavy atom. The first kappa shape index (κ1) is 24.8. The molecule has 7 heteroatoms. The minimum atomic E-state index is -0.230. The summed E-state index contributed by atoms with van der Waals surface area (Å²) in [6, 6.07) is 19.9. The number of hydrogen-bond acceptors (Lipinski definition) is 4. The number of amides is 1. The number of nitrogens with one attached hydrogen (secondary N) is 3. The van der Waals surface area contributed by atoms with E-state index in [4.69, 9.17) is 9.47 Å². The number of halogens is 1. The minimum absolute atomic E-state index is 0.116. The van der Waals surface area contributed by atoms with Gasteiger partial charge in [0.05, 0.1) is 11.1 Å². The van der Waals surface area contributed by atoms with Crippen LogP contribution in [0.25, 0.3) is 10.9 Å². The maximum Gasteiger partial charge on any atom is 0.262 e. The molecule has 1 amide bonds. The number of H-pyrrole nitrogens is 1. The van der Waals surface area contributed by atoms with Crippen molar-refractivity contribution in [2.75, 3.05) is 25.1 Å². The molecule has 1 aromatic heterocycles. The largest absolute Gasteiger partial charge is 0.490 e. The van der Waals surface area contributed by atoms with E-state index < -0.39 is 0 Å². The SMILES string of the molecule is CCOc1cc(CNCCc2c[nH]c3ccccc23)cc(Br)c1OCC(=O)Nc1ccc(C)cc1. The molecule has 0 atom stereocenters. The van der Waals surface area contributed by atoms with Gasteiger partial charge in [-0.15, -0.1) is 0 Å². The smallest absolute Gasteiger partial charge is 0.262 e. The van der Waals surface area contributed by atoms with Crippen LogP contribution >= 0.6 is 15.9 Å². The molecule has 0 aliphatic carbocycles. The van der Waals surface area contributed by atoms with Gasteiger partial charge in [-0.1, -0.05) is 35.9 Å². The van der Waals surface area contributed by atoms with Crippen LogP contribution in [0, 0.1) is 6.92 Å². The third-order valence-corrected chi connectivity index (χ3v) is 6.22. The predicted octanol–water partition coefficient (Wildman–Crippen LogP) is 5.99. The van der Waals surface area contributed by atoms with Gasteiger partial charge in [0.25, 0.3) is 5.91 Å². The maximum atomic E-state index is 12.4. The van der Waals surface area contributed by atoms with Crippen LogP contribution in [0.3, 0.4) is 0 Å². The first-order valence-electron chi connectivity index (χ1n) is 11.7. The summed E-state index contributed by atoms with van der Waals surface area (Å²) in [5, 5.41) is 7.62. The van der Waals surface area contributed by atoms with Gasteiger partial charge in [-0.25, -0.2) is 0 Å². The molecule has 0 spiro atoms. The first-order chi connectivity index (χ1) is 17.0. The lowest BCUT2D eigenvalue weighted by Crippen LogP contribution is -2.20. The molecule has 1 heterocycles. The number of hydrogen-bond donors (Lipinski definition) is 3. The van der Waals surface area contributed by atoms with E-state index in [1.807, 2.05) is 56.3 Å². The number of rotatable bonds is 11. The van der Waals surface area contributed by atoms with Crippen LogP contribution in [0.15, 0.2) is 71.3 Å². The molecule has 4 aromatic rings. The van der Waals surface area contributed by atoms with Gasteiger partial charge >= 0.3 is 0 Å². The molecule has 0 bridgehead atoms. The van der Waals surface area contributed by atoms with E-state index in [1.54, 1.807) is 0 Å². The molecule has 0 fully saturated rings.